The van der Waals surface area contributed by atoms with Gasteiger partial charge in [0.25, 0.3) is 0 Å². The summed E-state index contributed by atoms with van der Waals surface area (Å²) in [6.45, 7) is 5.89. The van der Waals surface area contributed by atoms with Crippen molar-refractivity contribution in [2.24, 2.45) is 0 Å². The first-order chi connectivity index (χ1) is 11.6. The van der Waals surface area contributed by atoms with Crippen LogP contribution in [-0.4, -0.2) is 53.8 Å². The molecule has 7 nitrogen and oxygen atoms in total. The number of para-hydroxylation sites is 2. The van der Waals surface area contributed by atoms with Crippen LogP contribution in [0.25, 0.3) is 0 Å². The zero-order valence-electron chi connectivity index (χ0n) is 13.7. The molecule has 1 aromatic carbocycles. The Morgan fingerprint density at radius 1 is 1.29 bits per heavy atom. The Morgan fingerprint density at radius 3 is 2.71 bits per heavy atom. The molecule has 0 aliphatic carbocycles. The topological polar surface area (TPSA) is 81.8 Å². The highest BCUT2D eigenvalue weighted by Gasteiger charge is 2.19. The van der Waals surface area contributed by atoms with Crippen molar-refractivity contribution in [2.45, 2.75) is 13.3 Å². The number of nitrogens with one attached hydrogen (secondary N) is 1. The van der Waals surface area contributed by atoms with E-state index in [0.29, 0.717) is 30.3 Å². The highest BCUT2D eigenvalue weighted by Crippen LogP contribution is 2.27. The summed E-state index contributed by atoms with van der Waals surface area (Å²) < 4.78 is 4.92. The highest BCUT2D eigenvalue weighted by molar-refractivity contribution is 5.89. The molecule has 1 aliphatic rings. The molecular formula is C17H22N4O3. The fraction of sp³-hybridized carbons (Fsp3) is 0.412. The van der Waals surface area contributed by atoms with Crippen LogP contribution < -0.4 is 10.2 Å². The average molecular weight is 330 g/mol. The highest BCUT2D eigenvalue weighted by atomic mass is 16.5. The average Bonchev–Trinajstić information content (AvgIpc) is 2.99. The van der Waals surface area contributed by atoms with Gasteiger partial charge < -0.3 is 19.8 Å². The molecule has 1 amide bonds. The summed E-state index contributed by atoms with van der Waals surface area (Å²) in [7, 11) is 0. The molecule has 0 bridgehead atoms. The Bertz CT molecular complexity index is 693. The number of benzene rings is 1. The summed E-state index contributed by atoms with van der Waals surface area (Å²) in [4.78, 5) is 16.4. The standard InChI is InChI=1S/C17H22N4O3/c1-13-12-16(19-24-13)18-17(23)6-7-20-8-10-21(11-9-20)14-4-2-3-5-15(14)22/h2-5,12,22H,6-11H2,1H3,(H,18,19,23). The number of carbonyl (C=O) groups excluding carboxylic acids is 1. The van der Waals surface area contributed by atoms with Gasteiger partial charge in [0.15, 0.2) is 5.82 Å². The summed E-state index contributed by atoms with van der Waals surface area (Å²) in [5.41, 5.74) is 0.872. The second-order valence-electron chi connectivity index (χ2n) is 5.94. The Balaban J connectivity index is 1.42. The van der Waals surface area contributed by atoms with Crippen molar-refractivity contribution in [3.63, 3.8) is 0 Å². The van der Waals surface area contributed by atoms with Gasteiger partial charge in [-0.05, 0) is 19.1 Å². The van der Waals surface area contributed by atoms with Gasteiger partial charge in [0.2, 0.25) is 5.91 Å². The van der Waals surface area contributed by atoms with E-state index >= 15 is 0 Å². The molecule has 0 radical (unpaired) electrons. The lowest BCUT2D eigenvalue weighted by Gasteiger charge is -2.36. The van der Waals surface area contributed by atoms with Gasteiger partial charge in [-0.25, -0.2) is 0 Å². The van der Waals surface area contributed by atoms with Gasteiger partial charge in [-0.15, -0.1) is 0 Å². The van der Waals surface area contributed by atoms with Crippen LogP contribution in [-0.2, 0) is 4.79 Å². The molecule has 2 heterocycles. The smallest absolute Gasteiger partial charge is 0.226 e. The monoisotopic (exact) mass is 330 g/mol. The van der Waals surface area contributed by atoms with E-state index in [1.807, 2.05) is 18.2 Å². The lowest BCUT2D eigenvalue weighted by atomic mass is 10.2. The molecule has 0 spiro atoms. The van der Waals surface area contributed by atoms with Crippen LogP contribution in [0.15, 0.2) is 34.9 Å². The number of phenolic OH excluding ortho intramolecular Hbond substituents is 1. The summed E-state index contributed by atoms with van der Waals surface area (Å²) in [6, 6.07) is 9.08. The minimum Gasteiger partial charge on any atom is -0.506 e. The first kappa shape index (κ1) is 16.3. The Labute approximate surface area is 140 Å². The largest absolute Gasteiger partial charge is 0.506 e. The van der Waals surface area contributed by atoms with E-state index in [9.17, 15) is 9.90 Å². The van der Waals surface area contributed by atoms with Crippen molar-refractivity contribution in [1.29, 1.82) is 0 Å². The van der Waals surface area contributed by atoms with Crippen molar-refractivity contribution in [1.82, 2.24) is 10.1 Å². The van der Waals surface area contributed by atoms with E-state index in [1.54, 1.807) is 19.1 Å². The van der Waals surface area contributed by atoms with Crippen molar-refractivity contribution in [3.05, 3.63) is 36.1 Å². The fourth-order valence-corrected chi connectivity index (χ4v) is 2.83. The fourth-order valence-electron chi connectivity index (χ4n) is 2.83. The summed E-state index contributed by atoms with van der Waals surface area (Å²) >= 11 is 0. The first-order valence-corrected chi connectivity index (χ1v) is 8.10. The molecule has 24 heavy (non-hydrogen) atoms. The molecule has 7 heteroatoms. The molecule has 1 fully saturated rings. The Morgan fingerprint density at radius 2 is 2.04 bits per heavy atom. The number of amides is 1. The predicted molar refractivity (Wildman–Crippen MR) is 91.2 cm³/mol. The van der Waals surface area contributed by atoms with Crippen LogP contribution in [0.2, 0.25) is 0 Å². The second kappa shape index (κ2) is 7.35. The van der Waals surface area contributed by atoms with Crippen molar-refractivity contribution in [2.75, 3.05) is 42.9 Å². The summed E-state index contributed by atoms with van der Waals surface area (Å²) in [6.07, 6.45) is 0.419. The van der Waals surface area contributed by atoms with E-state index < -0.39 is 0 Å². The van der Waals surface area contributed by atoms with E-state index in [0.717, 1.165) is 31.9 Å². The van der Waals surface area contributed by atoms with Crippen molar-refractivity contribution < 1.29 is 14.4 Å². The molecule has 0 atom stereocenters. The third-order valence-electron chi connectivity index (χ3n) is 4.15. The minimum atomic E-state index is -0.0635. The molecule has 128 valence electrons. The zero-order chi connectivity index (χ0) is 16.9. The van der Waals surface area contributed by atoms with Gasteiger partial charge in [0.05, 0.1) is 5.69 Å². The number of piperazine rings is 1. The predicted octanol–water partition coefficient (Wildman–Crippen LogP) is 1.84. The molecule has 2 N–H and O–H groups in total. The van der Waals surface area contributed by atoms with Crippen LogP contribution in [0.4, 0.5) is 11.5 Å². The van der Waals surface area contributed by atoms with E-state index in [1.165, 1.54) is 0 Å². The third-order valence-corrected chi connectivity index (χ3v) is 4.15. The number of nitrogens with zero attached hydrogens (tertiary/aromatic N) is 3. The van der Waals surface area contributed by atoms with Gasteiger partial charge in [-0.3, -0.25) is 9.69 Å². The van der Waals surface area contributed by atoms with Crippen LogP contribution in [0.5, 0.6) is 5.75 Å². The molecular weight excluding hydrogens is 308 g/mol. The number of aromatic hydroxyl groups is 1. The SMILES string of the molecule is Cc1cc(NC(=O)CCN2CCN(c3ccccc3O)CC2)no1. The lowest BCUT2D eigenvalue weighted by molar-refractivity contribution is -0.116. The Hall–Kier alpha value is -2.54. The maximum atomic E-state index is 11.9. The van der Waals surface area contributed by atoms with Gasteiger partial charge in [0, 0.05) is 45.2 Å². The van der Waals surface area contributed by atoms with E-state index in [-0.39, 0.29) is 5.91 Å². The molecule has 1 saturated heterocycles. The molecule has 3 rings (SSSR count). The summed E-state index contributed by atoms with van der Waals surface area (Å²) in [5.74, 6) is 1.38. The number of rotatable bonds is 5. The van der Waals surface area contributed by atoms with Crippen molar-refractivity contribution in [3.8, 4) is 5.75 Å². The molecule has 1 aromatic heterocycles. The molecule has 0 unspecified atom stereocenters. The van der Waals surface area contributed by atoms with Crippen LogP contribution in [0, 0.1) is 6.92 Å². The molecule has 2 aromatic rings. The Kier molecular flexibility index (Phi) is 5.00. The third kappa shape index (κ3) is 4.05. The van der Waals surface area contributed by atoms with Crippen molar-refractivity contribution >= 4 is 17.4 Å². The van der Waals surface area contributed by atoms with Crippen LogP contribution >= 0.6 is 0 Å². The van der Waals surface area contributed by atoms with Crippen LogP contribution in [0.3, 0.4) is 0 Å². The maximum absolute atomic E-state index is 11.9. The van der Waals surface area contributed by atoms with Crippen LogP contribution in [0.1, 0.15) is 12.2 Å². The number of anilines is 2. The maximum Gasteiger partial charge on any atom is 0.226 e. The number of hydrogen-bond donors (Lipinski definition) is 2. The zero-order valence-corrected chi connectivity index (χ0v) is 13.7. The number of phenols is 1. The van der Waals surface area contributed by atoms with Gasteiger partial charge in [-0.1, -0.05) is 17.3 Å². The lowest BCUT2D eigenvalue weighted by Crippen LogP contribution is -2.47. The number of aromatic nitrogens is 1. The quantitative estimate of drug-likeness (QED) is 0.870. The van der Waals surface area contributed by atoms with Gasteiger partial charge in [-0.2, -0.15) is 0 Å². The first-order valence-electron chi connectivity index (χ1n) is 8.10. The minimum absolute atomic E-state index is 0.0635. The number of aryl methyl sites for hydroxylation is 1. The summed E-state index contributed by atoms with van der Waals surface area (Å²) in [5, 5.41) is 16.4. The van der Waals surface area contributed by atoms with Gasteiger partial charge >= 0.3 is 0 Å². The van der Waals surface area contributed by atoms with E-state index in [2.05, 4.69) is 20.3 Å². The molecule has 0 saturated carbocycles. The van der Waals surface area contributed by atoms with Gasteiger partial charge in [0.1, 0.15) is 11.5 Å². The van der Waals surface area contributed by atoms with E-state index in [4.69, 9.17) is 4.52 Å². The second-order valence-corrected chi connectivity index (χ2v) is 5.94. The number of carbonyl (C=O) groups is 1. The number of hydrogen-bond acceptors (Lipinski definition) is 6. The molecule has 1 aliphatic heterocycles. The normalized spacial score (nSPS) is 15.5.